The van der Waals surface area contributed by atoms with E-state index in [0.717, 1.165) is 24.0 Å². The van der Waals surface area contributed by atoms with Gasteiger partial charge in [-0.2, -0.15) is 0 Å². The van der Waals surface area contributed by atoms with Gasteiger partial charge in [-0.25, -0.2) is 26.3 Å². The molecule has 0 saturated carbocycles. The van der Waals surface area contributed by atoms with E-state index in [1.165, 1.54) is 0 Å². The van der Waals surface area contributed by atoms with Crippen molar-refractivity contribution in [2.45, 2.75) is 56.7 Å². The zero-order chi connectivity index (χ0) is 23.1. The second-order valence-electron chi connectivity index (χ2n) is 8.63. The van der Waals surface area contributed by atoms with Crippen molar-refractivity contribution < 1.29 is 16.8 Å². The Morgan fingerprint density at radius 3 is 1.23 bits per heavy atom. The van der Waals surface area contributed by atoms with E-state index in [1.54, 1.807) is 48.5 Å². The third-order valence-corrected chi connectivity index (χ3v) is 7.86. The lowest BCUT2D eigenvalue weighted by Gasteiger charge is -2.10. The predicted molar refractivity (Wildman–Crippen MR) is 125 cm³/mol. The zero-order valence-corrected chi connectivity index (χ0v) is 20.4. The van der Waals surface area contributed by atoms with Gasteiger partial charge in [0, 0.05) is 13.1 Å². The van der Waals surface area contributed by atoms with E-state index in [1.807, 2.05) is 0 Å². The van der Waals surface area contributed by atoms with Gasteiger partial charge < -0.3 is 0 Å². The molecule has 2 N–H and O–H groups in total. The summed E-state index contributed by atoms with van der Waals surface area (Å²) < 4.78 is 54.7. The summed E-state index contributed by atoms with van der Waals surface area (Å²) in [6.45, 7) is 9.04. The summed E-state index contributed by atoms with van der Waals surface area (Å²) >= 11 is 0. The van der Waals surface area contributed by atoms with Crippen LogP contribution >= 0.6 is 0 Å². The minimum Gasteiger partial charge on any atom is -0.211 e. The van der Waals surface area contributed by atoms with Crippen molar-refractivity contribution in [3.8, 4) is 0 Å². The Labute approximate surface area is 187 Å². The summed E-state index contributed by atoms with van der Waals surface area (Å²) in [5.74, 6) is 0.865. The van der Waals surface area contributed by atoms with E-state index in [2.05, 4.69) is 37.1 Å². The van der Waals surface area contributed by atoms with E-state index in [9.17, 15) is 16.8 Å². The number of sulfonamides is 2. The average molecular weight is 467 g/mol. The minimum atomic E-state index is -3.50. The number of rotatable bonds is 12. The van der Waals surface area contributed by atoms with Gasteiger partial charge in [0.15, 0.2) is 0 Å². The Bertz CT molecular complexity index is 942. The second-order valence-corrected chi connectivity index (χ2v) is 12.2. The highest BCUT2D eigenvalue weighted by molar-refractivity contribution is 7.89. The molecular formula is C23H34N2O4S2. The van der Waals surface area contributed by atoms with E-state index in [0.29, 0.717) is 31.3 Å². The molecule has 0 amide bonds. The van der Waals surface area contributed by atoms with Crippen LogP contribution in [0.3, 0.4) is 0 Å². The average Bonchev–Trinajstić information content (AvgIpc) is 2.68. The molecule has 0 atom stereocenters. The molecule has 0 bridgehead atoms. The summed E-state index contributed by atoms with van der Waals surface area (Å²) in [7, 11) is -7.01. The maximum atomic E-state index is 12.4. The maximum absolute atomic E-state index is 12.4. The highest BCUT2D eigenvalue weighted by Crippen LogP contribution is 2.17. The molecule has 0 heterocycles. The van der Waals surface area contributed by atoms with E-state index in [-0.39, 0.29) is 9.79 Å². The molecule has 0 radical (unpaired) electrons. The zero-order valence-electron chi connectivity index (χ0n) is 18.8. The van der Waals surface area contributed by atoms with Crippen LogP contribution in [-0.4, -0.2) is 29.9 Å². The third-order valence-electron chi connectivity index (χ3n) is 4.90. The molecule has 172 valence electrons. The van der Waals surface area contributed by atoms with Crippen LogP contribution < -0.4 is 9.44 Å². The van der Waals surface area contributed by atoms with Crippen molar-refractivity contribution in [3.05, 3.63) is 59.7 Å². The predicted octanol–water partition coefficient (Wildman–Crippen LogP) is 3.93. The number of nitrogens with one attached hydrogen (secondary N) is 2. The van der Waals surface area contributed by atoms with Crippen LogP contribution in [0.4, 0.5) is 0 Å². The molecule has 0 aliphatic rings. The summed E-state index contributed by atoms with van der Waals surface area (Å²) in [6, 6.07) is 13.6. The first-order valence-electron chi connectivity index (χ1n) is 10.7. The molecule has 0 aromatic heterocycles. The monoisotopic (exact) mass is 466 g/mol. The van der Waals surface area contributed by atoms with E-state index in [4.69, 9.17) is 0 Å². The van der Waals surface area contributed by atoms with Crippen LogP contribution in [0, 0.1) is 11.8 Å². The largest absolute Gasteiger partial charge is 0.240 e. The molecule has 2 rings (SSSR count). The van der Waals surface area contributed by atoms with Crippen molar-refractivity contribution in [2.75, 3.05) is 13.1 Å². The third kappa shape index (κ3) is 8.37. The molecule has 31 heavy (non-hydrogen) atoms. The molecular weight excluding hydrogens is 432 g/mol. The fourth-order valence-corrected chi connectivity index (χ4v) is 5.03. The van der Waals surface area contributed by atoms with E-state index >= 15 is 0 Å². The maximum Gasteiger partial charge on any atom is 0.240 e. The highest BCUT2D eigenvalue weighted by Gasteiger charge is 2.15. The normalized spacial score (nSPS) is 12.6. The molecule has 0 unspecified atom stereocenters. The molecule has 0 spiro atoms. The minimum absolute atomic E-state index is 0.244. The summed E-state index contributed by atoms with van der Waals surface area (Å²) in [5, 5.41) is 0. The van der Waals surface area contributed by atoms with Gasteiger partial charge in [-0.1, -0.05) is 52.0 Å². The SMILES string of the molecule is CC(C)CCNS(=O)(=O)c1ccc(Cc2ccc(S(=O)(=O)NCCC(C)C)cc2)cc1. The molecule has 0 aliphatic carbocycles. The van der Waals surface area contributed by atoms with Gasteiger partial charge in [0.25, 0.3) is 0 Å². The molecule has 8 heteroatoms. The smallest absolute Gasteiger partial charge is 0.211 e. The summed E-state index contributed by atoms with van der Waals surface area (Å²) in [6.07, 6.45) is 2.16. The molecule has 0 aliphatic heterocycles. The lowest BCUT2D eigenvalue weighted by atomic mass is 10.1. The molecule has 2 aromatic rings. The van der Waals surface area contributed by atoms with Crippen LogP contribution in [0.1, 0.15) is 51.7 Å². The quantitative estimate of drug-likeness (QED) is 0.496. The fraction of sp³-hybridized carbons (Fsp3) is 0.478. The Hall–Kier alpha value is -1.74. The van der Waals surface area contributed by atoms with Gasteiger partial charge in [0.1, 0.15) is 0 Å². The summed E-state index contributed by atoms with van der Waals surface area (Å²) in [4.78, 5) is 0.489. The number of benzene rings is 2. The Morgan fingerprint density at radius 1 is 0.613 bits per heavy atom. The fourth-order valence-electron chi connectivity index (χ4n) is 2.94. The first-order chi connectivity index (χ1) is 14.5. The standard InChI is InChI=1S/C23H34N2O4S2/c1-18(2)13-15-24-30(26,27)22-9-5-20(6-10-22)17-21-7-11-23(12-8-21)31(28,29)25-16-14-19(3)4/h5-12,18-19,24-25H,13-17H2,1-4H3. The van der Waals surface area contributed by atoms with Crippen molar-refractivity contribution in [1.82, 2.24) is 9.44 Å². The summed E-state index contributed by atoms with van der Waals surface area (Å²) in [5.41, 5.74) is 1.90. The van der Waals surface area contributed by atoms with Gasteiger partial charge in [0.05, 0.1) is 9.79 Å². The van der Waals surface area contributed by atoms with Gasteiger partial charge in [0.2, 0.25) is 20.0 Å². The topological polar surface area (TPSA) is 92.3 Å². The van der Waals surface area contributed by atoms with Crippen LogP contribution in [0.2, 0.25) is 0 Å². The lowest BCUT2D eigenvalue weighted by Crippen LogP contribution is -2.25. The number of hydrogen-bond donors (Lipinski definition) is 2. The van der Waals surface area contributed by atoms with Gasteiger partial charge in [-0.3, -0.25) is 0 Å². The van der Waals surface area contributed by atoms with Crippen molar-refractivity contribution in [3.63, 3.8) is 0 Å². The molecule has 0 saturated heterocycles. The van der Waals surface area contributed by atoms with Crippen LogP contribution in [0.15, 0.2) is 58.3 Å². The Balaban J connectivity index is 1.99. The molecule has 0 fully saturated rings. The van der Waals surface area contributed by atoms with Gasteiger partial charge in [-0.05, 0) is 66.5 Å². The van der Waals surface area contributed by atoms with Crippen molar-refractivity contribution >= 4 is 20.0 Å². The van der Waals surface area contributed by atoms with E-state index < -0.39 is 20.0 Å². The van der Waals surface area contributed by atoms with Crippen LogP contribution in [0.25, 0.3) is 0 Å². The first-order valence-corrected chi connectivity index (χ1v) is 13.6. The Morgan fingerprint density at radius 2 is 0.935 bits per heavy atom. The lowest BCUT2D eigenvalue weighted by molar-refractivity contribution is 0.550. The van der Waals surface area contributed by atoms with Crippen LogP contribution in [-0.2, 0) is 26.5 Å². The van der Waals surface area contributed by atoms with Crippen molar-refractivity contribution in [1.29, 1.82) is 0 Å². The van der Waals surface area contributed by atoms with Crippen molar-refractivity contribution in [2.24, 2.45) is 11.8 Å². The highest BCUT2D eigenvalue weighted by atomic mass is 32.2. The number of hydrogen-bond acceptors (Lipinski definition) is 4. The first kappa shape index (κ1) is 25.5. The Kier molecular flexibility index (Phi) is 9.24. The second kappa shape index (κ2) is 11.2. The van der Waals surface area contributed by atoms with Crippen LogP contribution in [0.5, 0.6) is 0 Å². The van der Waals surface area contributed by atoms with Gasteiger partial charge in [-0.15, -0.1) is 0 Å². The molecule has 6 nitrogen and oxygen atoms in total. The van der Waals surface area contributed by atoms with Gasteiger partial charge >= 0.3 is 0 Å². The molecule has 2 aromatic carbocycles.